The van der Waals surface area contributed by atoms with Crippen LogP contribution in [0.4, 0.5) is 0 Å². The summed E-state index contributed by atoms with van der Waals surface area (Å²) in [6.45, 7) is 0. The summed E-state index contributed by atoms with van der Waals surface area (Å²) in [6, 6.07) is 72.8. The molecule has 3 heterocycles. The summed E-state index contributed by atoms with van der Waals surface area (Å²) < 4.78 is 2.50. The van der Waals surface area contributed by atoms with Gasteiger partial charge in [0.2, 0.25) is 0 Å². The van der Waals surface area contributed by atoms with Gasteiger partial charge in [-0.3, -0.25) is 0 Å². The lowest BCUT2D eigenvalue weighted by Crippen LogP contribution is -2.00. The third kappa shape index (κ3) is 6.14. The number of fused-ring (bicyclic) bond motifs is 8. The first-order valence-corrected chi connectivity index (χ1v) is 21.3. The number of pyridine rings is 1. The summed E-state index contributed by atoms with van der Waals surface area (Å²) >= 11 is 1.84. The Hall–Kier alpha value is -7.86. The zero-order chi connectivity index (χ0) is 40.3. The summed E-state index contributed by atoms with van der Waals surface area (Å²) in [5.41, 5.74) is 10.4. The van der Waals surface area contributed by atoms with E-state index in [0.717, 1.165) is 50.0 Å². The lowest BCUT2D eigenvalue weighted by atomic mass is 9.92. The molecule has 0 N–H and O–H groups in total. The van der Waals surface area contributed by atoms with Crippen molar-refractivity contribution in [1.29, 1.82) is 0 Å². The van der Waals surface area contributed by atoms with Gasteiger partial charge in [0.05, 0.1) is 11.2 Å². The largest absolute Gasteiger partial charge is 0.247 e. The first-order valence-electron chi connectivity index (χ1n) is 20.5. The maximum absolute atomic E-state index is 5.52. The molecule has 0 fully saturated rings. The van der Waals surface area contributed by atoms with E-state index in [1.165, 1.54) is 52.8 Å². The number of benzene rings is 9. The quantitative estimate of drug-likeness (QED) is 0.157. The van der Waals surface area contributed by atoms with Gasteiger partial charge in [0.1, 0.15) is 0 Å². The molecule has 0 unspecified atom stereocenters. The highest BCUT2D eigenvalue weighted by Gasteiger charge is 2.18. The molecule has 0 aliphatic carbocycles. The minimum atomic E-state index is 0.628. The van der Waals surface area contributed by atoms with Crippen molar-refractivity contribution < 1.29 is 0 Å². The van der Waals surface area contributed by atoms with E-state index in [4.69, 9.17) is 19.9 Å². The van der Waals surface area contributed by atoms with Gasteiger partial charge in [0, 0.05) is 47.8 Å². The van der Waals surface area contributed by atoms with Gasteiger partial charge < -0.3 is 0 Å². The summed E-state index contributed by atoms with van der Waals surface area (Å²) in [5.74, 6) is 1.91. The Balaban J connectivity index is 0.983. The van der Waals surface area contributed by atoms with Crippen molar-refractivity contribution in [3.63, 3.8) is 0 Å². The highest BCUT2D eigenvalue weighted by Crippen LogP contribution is 2.44. The molecule has 9 aromatic carbocycles. The Labute approximate surface area is 356 Å². The number of nitrogens with zero attached hydrogens (tertiary/aromatic N) is 4. The van der Waals surface area contributed by atoms with Crippen molar-refractivity contribution in [1.82, 2.24) is 19.9 Å². The molecule has 0 atom stereocenters. The molecular formula is C56H34N4S. The van der Waals surface area contributed by atoms with Crippen molar-refractivity contribution in [3.8, 4) is 67.7 Å². The second-order valence-corrected chi connectivity index (χ2v) is 16.4. The van der Waals surface area contributed by atoms with Crippen LogP contribution in [0, 0.1) is 0 Å². The van der Waals surface area contributed by atoms with Crippen LogP contribution in [0.1, 0.15) is 0 Å². The van der Waals surface area contributed by atoms with Crippen molar-refractivity contribution >= 4 is 64.0 Å². The van der Waals surface area contributed by atoms with E-state index in [1.807, 2.05) is 72.0 Å². The molecule has 3 aromatic heterocycles. The number of rotatable bonds is 6. The SMILES string of the molecule is c1ccc(-c2nc(-c3ccccc3)nc(-c3cccc(-c4ccc5c(c4)nc(-c4ccc(-c6cc7ccccc7c7ccccc67)cc4)c4c6ccccc6sc54)c3)n2)cc1. The Bertz CT molecular complexity index is 3580. The molecule has 12 aromatic rings. The zero-order valence-corrected chi connectivity index (χ0v) is 33.6. The van der Waals surface area contributed by atoms with Crippen LogP contribution in [0.25, 0.3) is 120 Å². The van der Waals surface area contributed by atoms with Crippen molar-refractivity contribution in [2.24, 2.45) is 0 Å². The van der Waals surface area contributed by atoms with Crippen LogP contribution in [-0.4, -0.2) is 19.9 Å². The standard InChI is InChI=1S/C56H34N4S/c1-3-14-37(15-4-1)54-58-55(38-16-5-2-6-17-38)60-56(59-54)42-20-13-19-39(32-42)40-30-31-46-49(34-40)57-52(51-47-24-11-12-25-50(47)61-53(46)51)36-28-26-35(27-29-36)48-33-41-18-7-8-21-43(41)44-22-9-10-23-45(44)48/h1-34H. The molecule has 0 amide bonds. The minimum absolute atomic E-state index is 0.628. The molecule has 0 saturated carbocycles. The molecule has 0 bridgehead atoms. The third-order valence-corrected chi connectivity index (χ3v) is 12.9. The normalized spacial score (nSPS) is 11.6. The van der Waals surface area contributed by atoms with E-state index in [2.05, 4.69) is 146 Å². The summed E-state index contributed by atoms with van der Waals surface area (Å²) in [7, 11) is 0. The molecule has 284 valence electrons. The zero-order valence-electron chi connectivity index (χ0n) is 32.8. The summed E-state index contributed by atoms with van der Waals surface area (Å²) in [4.78, 5) is 20.4. The second-order valence-electron chi connectivity index (χ2n) is 15.4. The van der Waals surface area contributed by atoms with Crippen LogP contribution in [0.3, 0.4) is 0 Å². The molecule has 12 rings (SSSR count). The predicted octanol–water partition coefficient (Wildman–Crippen LogP) is 15.1. The first kappa shape index (κ1) is 35.1. The maximum Gasteiger partial charge on any atom is 0.164 e. The van der Waals surface area contributed by atoms with Gasteiger partial charge in [-0.05, 0) is 68.1 Å². The lowest BCUT2D eigenvalue weighted by molar-refractivity contribution is 1.07. The van der Waals surface area contributed by atoms with Crippen molar-refractivity contribution in [2.75, 3.05) is 0 Å². The number of thiophene rings is 1. The molecule has 4 nitrogen and oxygen atoms in total. The summed E-state index contributed by atoms with van der Waals surface area (Å²) in [5, 5.41) is 8.62. The van der Waals surface area contributed by atoms with E-state index in [0.29, 0.717) is 17.5 Å². The van der Waals surface area contributed by atoms with Gasteiger partial charge in [0.15, 0.2) is 17.5 Å². The molecule has 0 radical (unpaired) electrons. The van der Waals surface area contributed by atoms with E-state index in [9.17, 15) is 0 Å². The molecule has 0 aliphatic rings. The topological polar surface area (TPSA) is 51.6 Å². The number of aromatic nitrogens is 4. The number of hydrogen-bond acceptors (Lipinski definition) is 5. The van der Waals surface area contributed by atoms with Crippen LogP contribution in [0.2, 0.25) is 0 Å². The highest BCUT2D eigenvalue weighted by molar-refractivity contribution is 7.26. The van der Waals surface area contributed by atoms with E-state index >= 15 is 0 Å². The van der Waals surface area contributed by atoms with E-state index in [1.54, 1.807) is 0 Å². The monoisotopic (exact) mass is 794 g/mol. The minimum Gasteiger partial charge on any atom is -0.247 e. The Kier molecular flexibility index (Phi) is 8.32. The molecule has 0 spiro atoms. The van der Waals surface area contributed by atoms with Crippen molar-refractivity contribution in [2.45, 2.75) is 0 Å². The fourth-order valence-corrected chi connectivity index (χ4v) is 9.97. The highest BCUT2D eigenvalue weighted by atomic mass is 32.1. The van der Waals surface area contributed by atoms with Crippen LogP contribution < -0.4 is 0 Å². The summed E-state index contributed by atoms with van der Waals surface area (Å²) in [6.07, 6.45) is 0. The van der Waals surface area contributed by atoms with Gasteiger partial charge in [-0.1, -0.05) is 182 Å². The molecule has 61 heavy (non-hydrogen) atoms. The van der Waals surface area contributed by atoms with Crippen LogP contribution in [0.15, 0.2) is 206 Å². The fourth-order valence-electron chi connectivity index (χ4n) is 8.73. The Morgan fingerprint density at radius 1 is 0.311 bits per heavy atom. The maximum atomic E-state index is 5.52. The van der Waals surface area contributed by atoms with E-state index < -0.39 is 0 Å². The third-order valence-electron chi connectivity index (χ3n) is 11.7. The first-order chi connectivity index (χ1) is 30.2. The number of hydrogen-bond donors (Lipinski definition) is 0. The van der Waals surface area contributed by atoms with Gasteiger partial charge >= 0.3 is 0 Å². The predicted molar refractivity (Wildman–Crippen MR) is 256 cm³/mol. The Morgan fingerprint density at radius 3 is 1.59 bits per heavy atom. The van der Waals surface area contributed by atoms with Gasteiger partial charge in [0.25, 0.3) is 0 Å². The van der Waals surface area contributed by atoms with Crippen LogP contribution in [-0.2, 0) is 0 Å². The van der Waals surface area contributed by atoms with E-state index in [-0.39, 0.29) is 0 Å². The second kappa shape index (κ2) is 14.5. The van der Waals surface area contributed by atoms with Gasteiger partial charge in [-0.25, -0.2) is 19.9 Å². The van der Waals surface area contributed by atoms with Crippen LogP contribution in [0.5, 0.6) is 0 Å². The molecule has 0 aliphatic heterocycles. The fraction of sp³-hybridized carbons (Fsp3) is 0. The van der Waals surface area contributed by atoms with Crippen molar-refractivity contribution in [3.05, 3.63) is 206 Å². The average molecular weight is 795 g/mol. The smallest absolute Gasteiger partial charge is 0.164 e. The average Bonchev–Trinajstić information content (AvgIpc) is 3.74. The molecule has 5 heteroatoms. The Morgan fingerprint density at radius 2 is 0.852 bits per heavy atom. The molecular weight excluding hydrogens is 761 g/mol. The van der Waals surface area contributed by atoms with Gasteiger partial charge in [-0.2, -0.15) is 0 Å². The lowest BCUT2D eigenvalue weighted by Gasteiger charge is -2.13. The molecule has 0 saturated heterocycles. The van der Waals surface area contributed by atoms with Crippen LogP contribution >= 0.6 is 11.3 Å². The van der Waals surface area contributed by atoms with Gasteiger partial charge in [-0.15, -0.1) is 11.3 Å².